The first-order valence-electron chi connectivity index (χ1n) is 9.45. The van der Waals surface area contributed by atoms with E-state index in [2.05, 4.69) is 24.4 Å². The number of carboxylic acids is 1. The minimum Gasteiger partial charge on any atom is -0.480 e. The number of carboxylic acid groups (broad SMARTS) is 1. The smallest absolute Gasteiger partial charge is 0.323 e. The largest absolute Gasteiger partial charge is 0.480 e. The van der Waals surface area contributed by atoms with Gasteiger partial charge in [0.05, 0.1) is 6.04 Å². The number of fused-ring (bicyclic) bond motifs is 1. The summed E-state index contributed by atoms with van der Waals surface area (Å²) in [7, 11) is 0. The summed E-state index contributed by atoms with van der Waals surface area (Å²) in [5, 5.41) is 12.7. The third kappa shape index (κ3) is 5.59. The maximum absolute atomic E-state index is 13.1. The molecule has 2 aromatic rings. The van der Waals surface area contributed by atoms with Gasteiger partial charge in [-0.25, -0.2) is 0 Å². The highest BCUT2D eigenvalue weighted by atomic mass is 32.1. The molecule has 0 spiro atoms. The summed E-state index contributed by atoms with van der Waals surface area (Å²) in [5.41, 5.74) is 3.01. The molecule has 0 radical (unpaired) electrons. The van der Waals surface area contributed by atoms with Crippen LogP contribution >= 0.6 is 13.5 Å². The standard InChI is InChI=1S/C22H26N2O3.H2S/c1-16(11-12-17-7-3-2-4-8-17)23-19-14-13-18-9-5-6-10-20(18)24(22(19)27)15-21(25)26;/h2-10,16,19,23H,11-15H2,1H3,(H,25,26);1H2/t16-,19+;/m1./s1. The van der Waals surface area contributed by atoms with Crippen LogP contribution in [0.3, 0.4) is 0 Å². The minimum absolute atomic E-state index is 0. The van der Waals surface area contributed by atoms with Gasteiger partial charge in [-0.05, 0) is 49.8 Å². The number of nitrogens with zero attached hydrogens (tertiary/aromatic N) is 1. The normalized spacial score (nSPS) is 17.2. The number of para-hydroxylation sites is 1. The first kappa shape index (κ1) is 22.0. The van der Waals surface area contributed by atoms with E-state index in [1.54, 1.807) is 0 Å². The lowest BCUT2D eigenvalue weighted by Crippen LogP contribution is -2.50. The van der Waals surface area contributed by atoms with Crippen LogP contribution in [0.2, 0.25) is 0 Å². The van der Waals surface area contributed by atoms with Crippen molar-refractivity contribution in [2.24, 2.45) is 0 Å². The third-order valence-electron chi connectivity index (χ3n) is 5.04. The summed E-state index contributed by atoms with van der Waals surface area (Å²) in [4.78, 5) is 25.8. The van der Waals surface area contributed by atoms with Gasteiger partial charge in [0.1, 0.15) is 6.54 Å². The molecule has 2 aromatic carbocycles. The molecular weight excluding hydrogens is 372 g/mol. The molecule has 2 N–H and O–H groups in total. The zero-order valence-corrected chi connectivity index (χ0v) is 17.1. The Morgan fingerprint density at radius 3 is 2.57 bits per heavy atom. The van der Waals surface area contributed by atoms with Gasteiger partial charge in [0.25, 0.3) is 0 Å². The number of aryl methyl sites for hydroxylation is 2. The molecule has 0 saturated carbocycles. The average Bonchev–Trinajstić information content (AvgIpc) is 2.79. The molecular formula is C22H28N2O3S. The highest BCUT2D eigenvalue weighted by Crippen LogP contribution is 2.27. The number of amides is 1. The zero-order chi connectivity index (χ0) is 19.2. The summed E-state index contributed by atoms with van der Waals surface area (Å²) in [5.74, 6) is -1.16. The van der Waals surface area contributed by atoms with Gasteiger partial charge in [-0.1, -0.05) is 48.5 Å². The van der Waals surface area contributed by atoms with Crippen LogP contribution in [0.5, 0.6) is 0 Å². The molecule has 6 heteroatoms. The van der Waals surface area contributed by atoms with E-state index in [1.807, 2.05) is 42.5 Å². The predicted molar refractivity (Wildman–Crippen MR) is 116 cm³/mol. The lowest BCUT2D eigenvalue weighted by molar-refractivity contribution is -0.136. The number of carbonyl (C=O) groups is 2. The maximum Gasteiger partial charge on any atom is 0.323 e. The Labute approximate surface area is 173 Å². The van der Waals surface area contributed by atoms with Gasteiger partial charge in [0, 0.05) is 11.7 Å². The summed E-state index contributed by atoms with van der Waals surface area (Å²) in [6, 6.07) is 17.6. The van der Waals surface area contributed by atoms with E-state index in [-0.39, 0.29) is 38.0 Å². The van der Waals surface area contributed by atoms with Crippen molar-refractivity contribution in [3.63, 3.8) is 0 Å². The lowest BCUT2D eigenvalue weighted by atomic mass is 10.0. The molecule has 0 saturated heterocycles. The number of hydrogen-bond acceptors (Lipinski definition) is 3. The van der Waals surface area contributed by atoms with Crippen LogP contribution in [0.15, 0.2) is 54.6 Å². The number of hydrogen-bond donors (Lipinski definition) is 2. The highest BCUT2D eigenvalue weighted by molar-refractivity contribution is 7.59. The van der Waals surface area contributed by atoms with Crippen molar-refractivity contribution in [3.05, 3.63) is 65.7 Å². The monoisotopic (exact) mass is 400 g/mol. The quantitative estimate of drug-likeness (QED) is 0.749. The molecule has 0 unspecified atom stereocenters. The molecule has 150 valence electrons. The molecule has 5 nitrogen and oxygen atoms in total. The fourth-order valence-corrected chi connectivity index (χ4v) is 3.62. The molecule has 0 aromatic heterocycles. The van der Waals surface area contributed by atoms with Crippen molar-refractivity contribution in [1.29, 1.82) is 0 Å². The fourth-order valence-electron chi connectivity index (χ4n) is 3.62. The molecule has 1 aliphatic heterocycles. The molecule has 1 heterocycles. The van der Waals surface area contributed by atoms with Gasteiger partial charge in [0.15, 0.2) is 0 Å². The molecule has 0 bridgehead atoms. The topological polar surface area (TPSA) is 69.6 Å². The molecule has 0 aliphatic carbocycles. The summed E-state index contributed by atoms with van der Waals surface area (Å²) < 4.78 is 0. The van der Waals surface area contributed by atoms with Crippen LogP contribution in [0, 0.1) is 0 Å². The van der Waals surface area contributed by atoms with Crippen molar-refractivity contribution >= 4 is 31.1 Å². The van der Waals surface area contributed by atoms with Gasteiger partial charge in [-0.15, -0.1) is 0 Å². The fraction of sp³-hybridized carbons (Fsp3) is 0.364. The van der Waals surface area contributed by atoms with E-state index < -0.39 is 5.97 Å². The molecule has 1 amide bonds. The Hall–Kier alpha value is -2.31. The highest BCUT2D eigenvalue weighted by Gasteiger charge is 2.31. The summed E-state index contributed by atoms with van der Waals surface area (Å²) in [6.45, 7) is 1.77. The van der Waals surface area contributed by atoms with Crippen molar-refractivity contribution in [2.45, 2.75) is 44.7 Å². The van der Waals surface area contributed by atoms with Gasteiger partial charge >= 0.3 is 5.97 Å². The van der Waals surface area contributed by atoms with E-state index in [9.17, 15) is 14.7 Å². The molecule has 2 atom stereocenters. The van der Waals surface area contributed by atoms with Crippen molar-refractivity contribution in [1.82, 2.24) is 5.32 Å². The average molecular weight is 401 g/mol. The first-order chi connectivity index (χ1) is 13.0. The molecule has 28 heavy (non-hydrogen) atoms. The number of benzene rings is 2. The van der Waals surface area contributed by atoms with Gasteiger partial charge in [-0.2, -0.15) is 13.5 Å². The van der Waals surface area contributed by atoms with E-state index in [1.165, 1.54) is 10.5 Å². The maximum atomic E-state index is 13.1. The van der Waals surface area contributed by atoms with Gasteiger partial charge in [-0.3, -0.25) is 14.5 Å². The molecule has 3 rings (SSSR count). The Balaban J connectivity index is 0.00000280. The lowest BCUT2D eigenvalue weighted by Gasteiger charge is -2.26. The van der Waals surface area contributed by atoms with E-state index >= 15 is 0 Å². The van der Waals surface area contributed by atoms with Crippen molar-refractivity contribution in [3.8, 4) is 0 Å². The zero-order valence-electron chi connectivity index (χ0n) is 16.1. The van der Waals surface area contributed by atoms with Crippen molar-refractivity contribution < 1.29 is 14.7 Å². The second kappa shape index (κ2) is 10.3. The number of carbonyl (C=O) groups excluding carboxylic acids is 1. The van der Waals surface area contributed by atoms with E-state index in [0.717, 1.165) is 24.8 Å². The first-order valence-corrected chi connectivity index (χ1v) is 9.45. The van der Waals surface area contributed by atoms with Crippen LogP contribution < -0.4 is 10.2 Å². The SMILES string of the molecule is C[C@H](CCc1ccccc1)N[C@H]1CCc2ccccc2N(CC(=O)O)C1=O.S. The summed E-state index contributed by atoms with van der Waals surface area (Å²) in [6.07, 6.45) is 3.28. The van der Waals surface area contributed by atoms with Gasteiger partial charge < -0.3 is 10.4 Å². The van der Waals surface area contributed by atoms with E-state index in [0.29, 0.717) is 12.1 Å². The van der Waals surface area contributed by atoms with Gasteiger partial charge in [0.2, 0.25) is 5.91 Å². The second-order valence-corrected chi connectivity index (χ2v) is 7.13. The third-order valence-corrected chi connectivity index (χ3v) is 5.04. The van der Waals surface area contributed by atoms with Crippen LogP contribution in [0.1, 0.15) is 30.9 Å². The Morgan fingerprint density at radius 1 is 1.18 bits per heavy atom. The van der Waals surface area contributed by atoms with E-state index in [4.69, 9.17) is 0 Å². The van der Waals surface area contributed by atoms with Crippen LogP contribution in [-0.4, -0.2) is 35.6 Å². The number of aliphatic carboxylic acids is 1. The minimum atomic E-state index is -1.00. The molecule has 1 aliphatic rings. The van der Waals surface area contributed by atoms with Crippen LogP contribution in [0.4, 0.5) is 5.69 Å². The Kier molecular flexibility index (Phi) is 8.08. The Morgan fingerprint density at radius 2 is 1.86 bits per heavy atom. The summed E-state index contributed by atoms with van der Waals surface area (Å²) >= 11 is 0. The van der Waals surface area contributed by atoms with Crippen molar-refractivity contribution in [2.75, 3.05) is 11.4 Å². The number of anilines is 1. The number of nitrogens with one attached hydrogen (secondary N) is 1. The predicted octanol–water partition coefficient (Wildman–Crippen LogP) is 3.14. The molecule has 0 fully saturated rings. The second-order valence-electron chi connectivity index (χ2n) is 7.13. The number of rotatable bonds is 7. The van der Waals surface area contributed by atoms with Crippen LogP contribution in [0.25, 0.3) is 0 Å². The van der Waals surface area contributed by atoms with Crippen LogP contribution in [-0.2, 0) is 22.4 Å². The Bertz CT molecular complexity index is 797.